The van der Waals surface area contributed by atoms with Crippen LogP contribution in [0.15, 0.2) is 18.2 Å². The van der Waals surface area contributed by atoms with Crippen molar-refractivity contribution in [1.82, 2.24) is 14.5 Å². The molecule has 0 atom stereocenters. The van der Waals surface area contributed by atoms with Gasteiger partial charge in [-0.25, -0.2) is 4.98 Å². The van der Waals surface area contributed by atoms with Gasteiger partial charge in [-0.05, 0) is 25.2 Å². The predicted molar refractivity (Wildman–Crippen MR) is 76.9 cm³/mol. The Morgan fingerprint density at radius 2 is 2.06 bits per heavy atom. The Bertz CT molecular complexity index is 531. The summed E-state index contributed by atoms with van der Waals surface area (Å²) >= 11 is 6.23. The molecule has 0 aliphatic rings. The Morgan fingerprint density at radius 1 is 1.33 bits per heavy atom. The SMILES string of the molecule is CCN(CC)CCn1c(N)nc2cccc(Cl)c21. The second-order valence-corrected chi connectivity index (χ2v) is 4.66. The van der Waals surface area contributed by atoms with Gasteiger partial charge in [-0.1, -0.05) is 31.5 Å². The number of imidazole rings is 1. The molecule has 18 heavy (non-hydrogen) atoms. The maximum absolute atomic E-state index is 6.23. The minimum Gasteiger partial charge on any atom is -0.369 e. The van der Waals surface area contributed by atoms with Crippen molar-refractivity contribution >= 4 is 28.6 Å². The zero-order valence-corrected chi connectivity index (χ0v) is 11.6. The van der Waals surface area contributed by atoms with E-state index in [1.54, 1.807) is 0 Å². The minimum atomic E-state index is 0.533. The third kappa shape index (κ3) is 2.44. The van der Waals surface area contributed by atoms with Crippen LogP contribution in [0.1, 0.15) is 13.8 Å². The molecule has 0 radical (unpaired) electrons. The van der Waals surface area contributed by atoms with Gasteiger partial charge in [0, 0.05) is 13.1 Å². The van der Waals surface area contributed by atoms with Crippen LogP contribution in [0.2, 0.25) is 5.02 Å². The first-order valence-corrected chi connectivity index (χ1v) is 6.67. The van der Waals surface area contributed by atoms with Gasteiger partial charge in [-0.15, -0.1) is 0 Å². The molecule has 1 heterocycles. The number of nitrogen functional groups attached to an aromatic ring is 1. The van der Waals surface area contributed by atoms with Gasteiger partial charge in [0.05, 0.1) is 16.1 Å². The molecule has 0 amide bonds. The largest absolute Gasteiger partial charge is 0.369 e. The summed E-state index contributed by atoms with van der Waals surface area (Å²) in [6.07, 6.45) is 0. The molecular formula is C13H19ClN4. The maximum atomic E-state index is 6.23. The zero-order chi connectivity index (χ0) is 13.1. The highest BCUT2D eigenvalue weighted by Gasteiger charge is 2.11. The molecule has 98 valence electrons. The van der Waals surface area contributed by atoms with Crippen molar-refractivity contribution in [2.75, 3.05) is 25.4 Å². The molecule has 1 aromatic carbocycles. The fourth-order valence-electron chi connectivity index (χ4n) is 2.17. The fourth-order valence-corrected chi connectivity index (χ4v) is 2.44. The number of nitrogens with zero attached hydrogens (tertiary/aromatic N) is 3. The number of hydrogen-bond donors (Lipinski definition) is 1. The van der Waals surface area contributed by atoms with Crippen LogP contribution in [-0.2, 0) is 6.54 Å². The third-order valence-corrected chi connectivity index (χ3v) is 3.59. The van der Waals surface area contributed by atoms with Crippen LogP contribution < -0.4 is 5.73 Å². The summed E-state index contributed by atoms with van der Waals surface area (Å²) in [5, 5.41) is 0.705. The van der Waals surface area contributed by atoms with E-state index >= 15 is 0 Å². The molecule has 2 N–H and O–H groups in total. The van der Waals surface area contributed by atoms with Crippen LogP contribution >= 0.6 is 11.6 Å². The Kier molecular flexibility index (Phi) is 4.09. The number of anilines is 1. The van der Waals surface area contributed by atoms with Crippen molar-refractivity contribution in [3.63, 3.8) is 0 Å². The molecule has 0 saturated heterocycles. The molecule has 5 heteroatoms. The van der Waals surface area contributed by atoms with Gasteiger partial charge in [0.15, 0.2) is 0 Å². The summed E-state index contributed by atoms with van der Waals surface area (Å²) in [5.41, 5.74) is 7.76. The van der Waals surface area contributed by atoms with E-state index in [9.17, 15) is 0 Å². The normalized spacial score (nSPS) is 11.6. The first-order valence-electron chi connectivity index (χ1n) is 6.30. The van der Waals surface area contributed by atoms with Crippen LogP contribution in [0, 0.1) is 0 Å². The molecular weight excluding hydrogens is 248 g/mol. The van der Waals surface area contributed by atoms with Crippen molar-refractivity contribution in [3.8, 4) is 0 Å². The van der Waals surface area contributed by atoms with Crippen molar-refractivity contribution < 1.29 is 0 Å². The number of nitrogens with two attached hydrogens (primary N) is 1. The van der Waals surface area contributed by atoms with Gasteiger partial charge < -0.3 is 15.2 Å². The quantitative estimate of drug-likeness (QED) is 0.905. The van der Waals surface area contributed by atoms with Crippen LogP contribution in [0.5, 0.6) is 0 Å². The van der Waals surface area contributed by atoms with Gasteiger partial charge in [-0.2, -0.15) is 0 Å². The molecule has 4 nitrogen and oxygen atoms in total. The second-order valence-electron chi connectivity index (χ2n) is 4.26. The topological polar surface area (TPSA) is 47.1 Å². The molecule has 0 aliphatic carbocycles. The van der Waals surface area contributed by atoms with Crippen LogP contribution in [0.4, 0.5) is 5.95 Å². The maximum Gasteiger partial charge on any atom is 0.201 e. The molecule has 2 aromatic rings. The van der Waals surface area contributed by atoms with E-state index in [2.05, 4.69) is 23.7 Å². The number of halogens is 1. The Labute approximate surface area is 112 Å². The lowest BCUT2D eigenvalue weighted by atomic mass is 10.3. The van der Waals surface area contributed by atoms with Gasteiger partial charge in [-0.3, -0.25) is 0 Å². The highest BCUT2D eigenvalue weighted by Crippen LogP contribution is 2.25. The van der Waals surface area contributed by atoms with Gasteiger partial charge >= 0.3 is 0 Å². The zero-order valence-electron chi connectivity index (χ0n) is 10.9. The van der Waals surface area contributed by atoms with E-state index in [4.69, 9.17) is 17.3 Å². The van der Waals surface area contributed by atoms with Crippen molar-refractivity contribution in [3.05, 3.63) is 23.2 Å². The molecule has 0 fully saturated rings. The number of fused-ring (bicyclic) bond motifs is 1. The minimum absolute atomic E-state index is 0.533. The van der Waals surface area contributed by atoms with E-state index in [1.807, 2.05) is 22.8 Å². The number of likely N-dealkylation sites (N-methyl/N-ethyl adjacent to an activating group) is 1. The van der Waals surface area contributed by atoms with Crippen molar-refractivity contribution in [2.45, 2.75) is 20.4 Å². The lowest BCUT2D eigenvalue weighted by Crippen LogP contribution is -2.27. The monoisotopic (exact) mass is 266 g/mol. The molecule has 0 spiro atoms. The van der Waals surface area contributed by atoms with Crippen molar-refractivity contribution in [1.29, 1.82) is 0 Å². The van der Waals surface area contributed by atoms with Gasteiger partial charge in [0.1, 0.15) is 0 Å². The summed E-state index contributed by atoms with van der Waals surface area (Å²) in [6, 6.07) is 5.70. The summed E-state index contributed by atoms with van der Waals surface area (Å²) in [4.78, 5) is 6.69. The average Bonchev–Trinajstić information content (AvgIpc) is 2.68. The van der Waals surface area contributed by atoms with E-state index in [0.29, 0.717) is 11.0 Å². The predicted octanol–water partition coefficient (Wildman–Crippen LogP) is 2.61. The molecule has 2 rings (SSSR count). The highest BCUT2D eigenvalue weighted by molar-refractivity contribution is 6.35. The number of rotatable bonds is 5. The summed E-state index contributed by atoms with van der Waals surface area (Å²) in [5.74, 6) is 0.533. The Morgan fingerprint density at radius 3 is 2.72 bits per heavy atom. The smallest absolute Gasteiger partial charge is 0.201 e. The molecule has 0 bridgehead atoms. The van der Waals surface area contributed by atoms with E-state index < -0.39 is 0 Å². The fraction of sp³-hybridized carbons (Fsp3) is 0.462. The van der Waals surface area contributed by atoms with Crippen LogP contribution in [-0.4, -0.2) is 34.1 Å². The number of benzene rings is 1. The molecule has 0 aliphatic heterocycles. The van der Waals surface area contributed by atoms with Crippen molar-refractivity contribution in [2.24, 2.45) is 0 Å². The van der Waals surface area contributed by atoms with Gasteiger partial charge in [0.2, 0.25) is 5.95 Å². The van der Waals surface area contributed by atoms with E-state index in [0.717, 1.165) is 37.2 Å². The standard InChI is InChI=1S/C13H19ClN4/c1-3-17(4-2)8-9-18-12-10(14)6-5-7-11(12)16-13(18)15/h5-7H,3-4,8-9H2,1-2H3,(H2,15,16). The molecule has 0 saturated carbocycles. The number of aromatic nitrogens is 2. The third-order valence-electron chi connectivity index (χ3n) is 3.28. The first-order chi connectivity index (χ1) is 8.67. The number of para-hydroxylation sites is 1. The average molecular weight is 267 g/mol. The lowest BCUT2D eigenvalue weighted by molar-refractivity contribution is 0.292. The Balaban J connectivity index is 2.30. The van der Waals surface area contributed by atoms with E-state index in [-0.39, 0.29) is 0 Å². The summed E-state index contributed by atoms with van der Waals surface area (Å²) in [7, 11) is 0. The lowest BCUT2D eigenvalue weighted by Gasteiger charge is -2.18. The Hall–Kier alpha value is -1.26. The second kappa shape index (κ2) is 5.59. The molecule has 1 aromatic heterocycles. The molecule has 0 unspecified atom stereocenters. The van der Waals surface area contributed by atoms with Gasteiger partial charge in [0.25, 0.3) is 0 Å². The summed E-state index contributed by atoms with van der Waals surface area (Å²) < 4.78 is 2.00. The van der Waals surface area contributed by atoms with E-state index in [1.165, 1.54) is 0 Å². The first kappa shape index (κ1) is 13.2. The van der Waals surface area contributed by atoms with Crippen LogP contribution in [0.25, 0.3) is 11.0 Å². The van der Waals surface area contributed by atoms with Crippen LogP contribution in [0.3, 0.4) is 0 Å². The number of hydrogen-bond acceptors (Lipinski definition) is 3. The summed E-state index contributed by atoms with van der Waals surface area (Å²) in [6.45, 7) is 8.16. The highest BCUT2D eigenvalue weighted by atomic mass is 35.5.